The van der Waals surface area contributed by atoms with Gasteiger partial charge in [0.25, 0.3) is 0 Å². The van der Waals surface area contributed by atoms with Crippen molar-refractivity contribution in [2.75, 3.05) is 36.8 Å². The predicted octanol–water partition coefficient (Wildman–Crippen LogP) is 3.18. The lowest BCUT2D eigenvalue weighted by Crippen LogP contribution is -2.49. The summed E-state index contributed by atoms with van der Waals surface area (Å²) in [5, 5.41) is 0.714. The molecule has 0 unspecified atom stereocenters. The molecule has 0 N–H and O–H groups in total. The highest BCUT2D eigenvalue weighted by Crippen LogP contribution is 2.21. The second-order valence-corrected chi connectivity index (χ2v) is 6.78. The fourth-order valence-electron chi connectivity index (χ4n) is 2.49. The third kappa shape index (κ3) is 4.39. The van der Waals surface area contributed by atoms with Crippen LogP contribution in [0.5, 0.6) is 0 Å². The number of halogens is 1. The molecule has 1 fully saturated rings. The zero-order chi connectivity index (χ0) is 16.1. The lowest BCUT2D eigenvalue weighted by atomic mass is 10.3. The summed E-state index contributed by atoms with van der Waals surface area (Å²) in [5.74, 6) is 1.63. The quantitative estimate of drug-likeness (QED) is 0.796. The SMILES string of the molecule is O=C(CSc1ccc(Cl)cc1)N1CCN(c2ccccn2)CC1. The number of piperazine rings is 1. The number of rotatable bonds is 4. The van der Waals surface area contributed by atoms with E-state index in [0.717, 1.165) is 36.9 Å². The van der Waals surface area contributed by atoms with E-state index in [4.69, 9.17) is 11.6 Å². The summed E-state index contributed by atoms with van der Waals surface area (Å²) in [6.07, 6.45) is 1.80. The summed E-state index contributed by atoms with van der Waals surface area (Å²) in [4.78, 5) is 21.9. The molecule has 4 nitrogen and oxygen atoms in total. The Hall–Kier alpha value is -1.72. The molecule has 120 valence electrons. The van der Waals surface area contributed by atoms with Gasteiger partial charge in [0.1, 0.15) is 5.82 Å². The Morgan fingerprint density at radius 1 is 1.09 bits per heavy atom. The Morgan fingerprint density at radius 2 is 1.83 bits per heavy atom. The number of aromatic nitrogens is 1. The Bertz CT molecular complexity index is 643. The summed E-state index contributed by atoms with van der Waals surface area (Å²) in [6, 6.07) is 13.5. The van der Waals surface area contributed by atoms with E-state index in [9.17, 15) is 4.79 Å². The summed E-state index contributed by atoms with van der Waals surface area (Å²) in [7, 11) is 0. The number of amides is 1. The number of hydrogen-bond acceptors (Lipinski definition) is 4. The number of benzene rings is 1. The fourth-order valence-corrected chi connectivity index (χ4v) is 3.42. The molecule has 1 amide bonds. The van der Waals surface area contributed by atoms with Gasteiger partial charge in [0.2, 0.25) is 5.91 Å². The minimum absolute atomic E-state index is 0.186. The van der Waals surface area contributed by atoms with Crippen molar-refractivity contribution in [3.8, 4) is 0 Å². The number of pyridine rings is 1. The van der Waals surface area contributed by atoms with E-state index in [1.807, 2.05) is 47.4 Å². The van der Waals surface area contributed by atoms with Gasteiger partial charge in [-0.3, -0.25) is 4.79 Å². The summed E-state index contributed by atoms with van der Waals surface area (Å²) in [5.41, 5.74) is 0. The average Bonchev–Trinajstić information content (AvgIpc) is 2.62. The highest BCUT2D eigenvalue weighted by Gasteiger charge is 2.21. The molecule has 2 heterocycles. The maximum Gasteiger partial charge on any atom is 0.233 e. The van der Waals surface area contributed by atoms with Crippen molar-refractivity contribution < 1.29 is 4.79 Å². The van der Waals surface area contributed by atoms with Crippen LogP contribution < -0.4 is 4.90 Å². The maximum absolute atomic E-state index is 12.3. The molecule has 1 saturated heterocycles. The van der Waals surface area contributed by atoms with Gasteiger partial charge in [-0.1, -0.05) is 17.7 Å². The highest BCUT2D eigenvalue weighted by atomic mass is 35.5. The molecule has 1 aliphatic rings. The average molecular weight is 348 g/mol. The van der Waals surface area contributed by atoms with Crippen LogP contribution in [0.1, 0.15) is 0 Å². The van der Waals surface area contributed by atoms with Crippen molar-refractivity contribution in [1.82, 2.24) is 9.88 Å². The molecule has 0 atom stereocenters. The molecule has 0 saturated carbocycles. The van der Waals surface area contributed by atoms with Crippen molar-refractivity contribution in [1.29, 1.82) is 0 Å². The second-order valence-electron chi connectivity index (χ2n) is 5.30. The monoisotopic (exact) mass is 347 g/mol. The molecule has 0 spiro atoms. The minimum Gasteiger partial charge on any atom is -0.353 e. The molecule has 3 rings (SSSR count). The number of nitrogens with zero attached hydrogens (tertiary/aromatic N) is 3. The predicted molar refractivity (Wildman–Crippen MR) is 95.2 cm³/mol. The first-order valence-corrected chi connectivity index (χ1v) is 8.91. The van der Waals surface area contributed by atoms with Gasteiger partial charge in [0, 0.05) is 42.3 Å². The van der Waals surface area contributed by atoms with Crippen LogP contribution in [-0.2, 0) is 4.79 Å². The van der Waals surface area contributed by atoms with Crippen LogP contribution in [0, 0.1) is 0 Å². The second kappa shape index (κ2) is 7.70. The third-order valence-corrected chi connectivity index (χ3v) is 5.03. The first-order chi connectivity index (χ1) is 11.2. The lowest BCUT2D eigenvalue weighted by Gasteiger charge is -2.35. The maximum atomic E-state index is 12.3. The molecular formula is C17H18ClN3OS. The van der Waals surface area contributed by atoms with E-state index in [1.165, 1.54) is 0 Å². The first kappa shape index (κ1) is 16.1. The van der Waals surface area contributed by atoms with Gasteiger partial charge < -0.3 is 9.80 Å². The van der Waals surface area contributed by atoms with E-state index in [2.05, 4.69) is 9.88 Å². The summed E-state index contributed by atoms with van der Waals surface area (Å²) < 4.78 is 0. The minimum atomic E-state index is 0.186. The molecule has 1 aliphatic heterocycles. The summed E-state index contributed by atoms with van der Waals surface area (Å²) in [6.45, 7) is 3.15. The van der Waals surface area contributed by atoms with Gasteiger partial charge >= 0.3 is 0 Å². The molecule has 2 aromatic rings. The first-order valence-electron chi connectivity index (χ1n) is 7.54. The molecule has 1 aromatic carbocycles. The normalized spacial score (nSPS) is 14.8. The highest BCUT2D eigenvalue weighted by molar-refractivity contribution is 8.00. The Kier molecular flexibility index (Phi) is 5.41. The van der Waals surface area contributed by atoms with E-state index in [0.29, 0.717) is 10.8 Å². The van der Waals surface area contributed by atoms with Gasteiger partial charge in [-0.05, 0) is 36.4 Å². The molecule has 23 heavy (non-hydrogen) atoms. The molecule has 0 aliphatic carbocycles. The van der Waals surface area contributed by atoms with Crippen molar-refractivity contribution in [3.05, 3.63) is 53.7 Å². The van der Waals surface area contributed by atoms with Gasteiger partial charge in [-0.15, -0.1) is 11.8 Å². The van der Waals surface area contributed by atoms with Gasteiger partial charge in [0.15, 0.2) is 0 Å². The molecule has 6 heteroatoms. The van der Waals surface area contributed by atoms with E-state index >= 15 is 0 Å². The molecular weight excluding hydrogens is 330 g/mol. The van der Waals surface area contributed by atoms with Crippen molar-refractivity contribution in [2.45, 2.75) is 4.90 Å². The Labute approximate surface area is 145 Å². The topological polar surface area (TPSA) is 36.4 Å². The standard InChI is InChI=1S/C17H18ClN3OS/c18-14-4-6-15(7-5-14)23-13-17(22)21-11-9-20(10-12-21)16-3-1-2-8-19-16/h1-8H,9-13H2. The number of anilines is 1. The number of carbonyl (C=O) groups excluding carboxylic acids is 1. The molecule has 0 radical (unpaired) electrons. The Balaban J connectivity index is 1.47. The van der Waals surface area contributed by atoms with Crippen LogP contribution in [0.3, 0.4) is 0 Å². The lowest BCUT2D eigenvalue weighted by molar-refractivity contribution is -0.128. The smallest absolute Gasteiger partial charge is 0.233 e. The van der Waals surface area contributed by atoms with Gasteiger partial charge in [0.05, 0.1) is 5.75 Å². The van der Waals surface area contributed by atoms with Crippen molar-refractivity contribution in [3.63, 3.8) is 0 Å². The number of hydrogen-bond donors (Lipinski definition) is 0. The van der Waals surface area contributed by atoms with E-state index < -0.39 is 0 Å². The van der Waals surface area contributed by atoms with Gasteiger partial charge in [-0.2, -0.15) is 0 Å². The zero-order valence-corrected chi connectivity index (χ0v) is 14.3. The van der Waals surface area contributed by atoms with Crippen molar-refractivity contribution in [2.24, 2.45) is 0 Å². The molecule has 1 aromatic heterocycles. The van der Waals surface area contributed by atoms with Crippen molar-refractivity contribution >= 4 is 35.1 Å². The van der Waals surface area contributed by atoms with E-state index in [1.54, 1.807) is 18.0 Å². The Morgan fingerprint density at radius 3 is 2.48 bits per heavy atom. The van der Waals surface area contributed by atoms with Gasteiger partial charge in [-0.25, -0.2) is 4.98 Å². The van der Waals surface area contributed by atoms with Crippen LogP contribution >= 0.6 is 23.4 Å². The molecule has 0 bridgehead atoms. The van der Waals surface area contributed by atoms with Crippen LogP contribution in [0.25, 0.3) is 0 Å². The van der Waals surface area contributed by atoms with E-state index in [-0.39, 0.29) is 5.91 Å². The summed E-state index contributed by atoms with van der Waals surface area (Å²) >= 11 is 7.42. The van der Waals surface area contributed by atoms with Crippen LogP contribution in [0.4, 0.5) is 5.82 Å². The van der Waals surface area contributed by atoms with Crippen LogP contribution in [0.2, 0.25) is 5.02 Å². The third-order valence-electron chi connectivity index (χ3n) is 3.78. The fraction of sp³-hybridized carbons (Fsp3) is 0.294. The van der Waals surface area contributed by atoms with Crippen LogP contribution in [-0.4, -0.2) is 47.7 Å². The number of carbonyl (C=O) groups is 1. The zero-order valence-electron chi connectivity index (χ0n) is 12.7. The largest absolute Gasteiger partial charge is 0.353 e. The number of thioether (sulfide) groups is 1. The van der Waals surface area contributed by atoms with Crippen LogP contribution in [0.15, 0.2) is 53.6 Å².